The van der Waals surface area contributed by atoms with Crippen LogP contribution in [-0.4, -0.2) is 31.3 Å². The smallest absolute Gasteiger partial charge is 0.254 e. The zero-order chi connectivity index (χ0) is 21.1. The molecule has 1 amide bonds. The van der Waals surface area contributed by atoms with Crippen molar-refractivity contribution in [2.75, 3.05) is 7.05 Å². The average molecular weight is 458 g/mol. The quantitative estimate of drug-likeness (QED) is 0.453. The number of carbonyl (C=O) groups excluding carboxylic acids is 1. The first-order chi connectivity index (χ1) is 14.4. The first-order valence-electron chi connectivity index (χ1n) is 9.14. The Kier molecular flexibility index (Phi) is 5.96. The molecule has 0 spiro atoms. The third-order valence-corrected chi connectivity index (χ3v) is 7.76. The van der Waals surface area contributed by atoms with Crippen LogP contribution in [0.3, 0.4) is 0 Å². The molecule has 0 aliphatic rings. The highest BCUT2D eigenvalue weighted by atomic mass is 32.2. The maximum Gasteiger partial charge on any atom is 0.254 e. The van der Waals surface area contributed by atoms with Crippen molar-refractivity contribution in [2.45, 2.75) is 18.0 Å². The van der Waals surface area contributed by atoms with Gasteiger partial charge in [0.2, 0.25) is 10.0 Å². The first kappa shape index (κ1) is 20.7. The van der Waals surface area contributed by atoms with E-state index < -0.39 is 10.0 Å². The van der Waals surface area contributed by atoms with E-state index in [0.717, 1.165) is 20.1 Å². The van der Waals surface area contributed by atoms with Crippen molar-refractivity contribution in [3.63, 3.8) is 0 Å². The summed E-state index contributed by atoms with van der Waals surface area (Å²) in [5, 5.41) is 2.72. The molecule has 0 aliphatic heterocycles. The van der Waals surface area contributed by atoms with Crippen LogP contribution in [0.25, 0.3) is 10.2 Å². The standard InChI is InChI=1S/C21H19N3O3S3/c1-24(14-20-23-18-9-2-3-10-19(18)29-20)21(25)15-6-4-8-17(12-15)30(26,27)22-13-16-7-5-11-28-16/h2-12,22H,13-14H2,1H3. The van der Waals surface area contributed by atoms with Gasteiger partial charge in [0.05, 0.1) is 21.7 Å². The van der Waals surface area contributed by atoms with E-state index >= 15 is 0 Å². The van der Waals surface area contributed by atoms with Crippen LogP contribution in [0, 0.1) is 0 Å². The number of rotatable bonds is 7. The number of aromatic nitrogens is 1. The molecule has 0 atom stereocenters. The van der Waals surface area contributed by atoms with E-state index in [1.54, 1.807) is 35.4 Å². The van der Waals surface area contributed by atoms with Crippen LogP contribution in [0.4, 0.5) is 0 Å². The minimum Gasteiger partial charge on any atom is -0.335 e. The van der Waals surface area contributed by atoms with Crippen LogP contribution in [0.1, 0.15) is 20.2 Å². The van der Waals surface area contributed by atoms with E-state index in [4.69, 9.17) is 0 Å². The van der Waals surface area contributed by atoms with E-state index in [-0.39, 0.29) is 17.3 Å². The molecular weight excluding hydrogens is 438 g/mol. The molecule has 9 heteroatoms. The molecular formula is C21H19N3O3S3. The minimum atomic E-state index is -3.72. The van der Waals surface area contributed by atoms with Crippen molar-refractivity contribution in [1.29, 1.82) is 0 Å². The summed E-state index contributed by atoms with van der Waals surface area (Å²) in [5.74, 6) is -0.260. The maximum absolute atomic E-state index is 12.9. The molecule has 2 heterocycles. The van der Waals surface area contributed by atoms with Crippen molar-refractivity contribution in [1.82, 2.24) is 14.6 Å². The molecule has 30 heavy (non-hydrogen) atoms. The fourth-order valence-corrected chi connectivity index (χ4v) is 5.75. The summed E-state index contributed by atoms with van der Waals surface area (Å²) < 4.78 is 28.9. The molecule has 6 nitrogen and oxygen atoms in total. The lowest BCUT2D eigenvalue weighted by Gasteiger charge is -2.16. The molecule has 4 aromatic rings. The number of benzene rings is 2. The molecule has 0 bridgehead atoms. The second-order valence-electron chi connectivity index (χ2n) is 6.67. The van der Waals surface area contributed by atoms with E-state index in [1.807, 2.05) is 41.8 Å². The second-order valence-corrected chi connectivity index (χ2v) is 10.6. The number of hydrogen-bond donors (Lipinski definition) is 1. The number of fused-ring (bicyclic) bond motifs is 1. The Hall–Kier alpha value is -2.59. The third kappa shape index (κ3) is 4.59. The molecule has 1 N–H and O–H groups in total. The number of hydrogen-bond acceptors (Lipinski definition) is 6. The van der Waals surface area contributed by atoms with Crippen LogP contribution >= 0.6 is 22.7 Å². The van der Waals surface area contributed by atoms with Crippen molar-refractivity contribution in [2.24, 2.45) is 0 Å². The Morgan fingerprint density at radius 2 is 1.93 bits per heavy atom. The maximum atomic E-state index is 12.9. The summed E-state index contributed by atoms with van der Waals surface area (Å²) >= 11 is 3.02. The highest BCUT2D eigenvalue weighted by molar-refractivity contribution is 7.89. The summed E-state index contributed by atoms with van der Waals surface area (Å²) in [4.78, 5) is 20.0. The second kappa shape index (κ2) is 8.65. The molecule has 0 fully saturated rings. The normalized spacial score (nSPS) is 11.6. The molecule has 2 aromatic heterocycles. The van der Waals surface area contributed by atoms with Gasteiger partial charge in [0.15, 0.2) is 0 Å². The van der Waals surface area contributed by atoms with Crippen LogP contribution < -0.4 is 4.72 Å². The van der Waals surface area contributed by atoms with Crippen molar-refractivity contribution >= 4 is 48.8 Å². The number of sulfonamides is 1. The Labute approximate surface area is 182 Å². The van der Waals surface area contributed by atoms with Gasteiger partial charge in [0, 0.05) is 24.0 Å². The Balaban J connectivity index is 1.48. The lowest BCUT2D eigenvalue weighted by molar-refractivity contribution is 0.0785. The van der Waals surface area contributed by atoms with Crippen LogP contribution in [0.15, 0.2) is 70.9 Å². The largest absolute Gasteiger partial charge is 0.335 e. The lowest BCUT2D eigenvalue weighted by Crippen LogP contribution is -2.27. The fourth-order valence-electron chi connectivity index (χ4n) is 2.94. The van der Waals surface area contributed by atoms with Gasteiger partial charge in [-0.3, -0.25) is 4.79 Å². The summed E-state index contributed by atoms with van der Waals surface area (Å²) in [6, 6.07) is 17.7. The predicted molar refractivity (Wildman–Crippen MR) is 120 cm³/mol. The first-order valence-corrected chi connectivity index (χ1v) is 12.3. The number of carbonyl (C=O) groups is 1. The van der Waals surface area contributed by atoms with Gasteiger partial charge < -0.3 is 4.90 Å². The van der Waals surface area contributed by atoms with E-state index in [0.29, 0.717) is 12.1 Å². The van der Waals surface area contributed by atoms with Gasteiger partial charge in [0.1, 0.15) is 5.01 Å². The number of nitrogens with one attached hydrogen (secondary N) is 1. The molecule has 0 saturated heterocycles. The van der Waals surface area contributed by atoms with Crippen molar-refractivity contribution in [3.05, 3.63) is 81.5 Å². The summed E-state index contributed by atoms with van der Waals surface area (Å²) in [6.45, 7) is 0.571. The molecule has 2 aromatic carbocycles. The SMILES string of the molecule is CN(Cc1nc2ccccc2s1)C(=O)c1cccc(S(=O)(=O)NCc2cccs2)c1. The number of thiophene rings is 1. The van der Waals surface area contributed by atoms with Gasteiger partial charge >= 0.3 is 0 Å². The fraction of sp³-hybridized carbons (Fsp3) is 0.143. The van der Waals surface area contributed by atoms with E-state index in [1.165, 1.54) is 23.5 Å². The van der Waals surface area contributed by atoms with Crippen LogP contribution in [0.2, 0.25) is 0 Å². The van der Waals surface area contributed by atoms with Gasteiger partial charge in [-0.15, -0.1) is 22.7 Å². The van der Waals surface area contributed by atoms with Gasteiger partial charge in [-0.2, -0.15) is 0 Å². The highest BCUT2D eigenvalue weighted by Crippen LogP contribution is 2.23. The summed E-state index contributed by atoms with van der Waals surface area (Å²) in [7, 11) is -2.03. The average Bonchev–Trinajstić information content (AvgIpc) is 3.41. The van der Waals surface area contributed by atoms with Crippen LogP contribution in [0.5, 0.6) is 0 Å². The zero-order valence-corrected chi connectivity index (χ0v) is 18.6. The molecule has 0 saturated carbocycles. The van der Waals surface area contributed by atoms with Gasteiger partial charge in [-0.25, -0.2) is 18.1 Å². The van der Waals surface area contributed by atoms with Crippen molar-refractivity contribution < 1.29 is 13.2 Å². The zero-order valence-electron chi connectivity index (χ0n) is 16.1. The number of thiazole rings is 1. The number of para-hydroxylation sites is 1. The van der Waals surface area contributed by atoms with Crippen molar-refractivity contribution in [3.8, 4) is 0 Å². The van der Waals surface area contributed by atoms with E-state index in [9.17, 15) is 13.2 Å². The Morgan fingerprint density at radius 3 is 2.70 bits per heavy atom. The van der Waals surface area contributed by atoms with Gasteiger partial charge in [-0.05, 0) is 41.8 Å². The summed E-state index contributed by atoms with van der Waals surface area (Å²) in [6.07, 6.45) is 0. The highest BCUT2D eigenvalue weighted by Gasteiger charge is 2.19. The van der Waals surface area contributed by atoms with Gasteiger partial charge in [-0.1, -0.05) is 24.3 Å². The monoisotopic (exact) mass is 457 g/mol. The topological polar surface area (TPSA) is 79.4 Å². The lowest BCUT2D eigenvalue weighted by atomic mass is 10.2. The molecule has 4 rings (SSSR count). The Bertz CT molecular complexity index is 1250. The molecule has 0 radical (unpaired) electrons. The molecule has 0 aliphatic carbocycles. The molecule has 154 valence electrons. The van der Waals surface area contributed by atoms with E-state index in [2.05, 4.69) is 9.71 Å². The van der Waals surface area contributed by atoms with Crippen LogP contribution in [-0.2, 0) is 23.1 Å². The van der Waals surface area contributed by atoms with Gasteiger partial charge in [0.25, 0.3) is 5.91 Å². The predicted octanol–water partition coefficient (Wildman–Crippen LogP) is 4.11. The number of nitrogens with zero attached hydrogens (tertiary/aromatic N) is 2. The molecule has 0 unspecified atom stereocenters. The summed E-state index contributed by atoms with van der Waals surface area (Å²) in [5.41, 5.74) is 1.22. The number of amides is 1. The Morgan fingerprint density at radius 1 is 1.10 bits per heavy atom. The third-order valence-electron chi connectivity index (χ3n) is 4.47. The minimum absolute atomic E-state index is 0.0679.